The zero-order valence-electron chi connectivity index (χ0n) is 26.9. The summed E-state index contributed by atoms with van der Waals surface area (Å²) < 4.78 is 40.1. The molecule has 2 saturated heterocycles. The van der Waals surface area contributed by atoms with Crippen molar-refractivity contribution in [2.45, 2.75) is 121 Å². The summed E-state index contributed by atoms with van der Waals surface area (Å²) in [4.78, 5) is 0. The molecule has 2 atom stereocenters. The average molecular weight is 623 g/mol. The van der Waals surface area contributed by atoms with Crippen LogP contribution in [0, 0.1) is 5.92 Å². The minimum atomic E-state index is -1.59. The number of ether oxygens (including phenoxy) is 5. The molecule has 3 fully saturated rings. The smallest absolute Gasteiger partial charge is 0.173 e. The third kappa shape index (κ3) is 21.9. The van der Waals surface area contributed by atoms with Crippen LogP contribution < -0.4 is 0 Å². The van der Waals surface area contributed by atoms with E-state index in [0.717, 1.165) is 71.6 Å². The minimum absolute atomic E-state index is 0.372. The third-order valence-corrected chi connectivity index (χ3v) is 20.6. The molecular formula is C28H62O7Si4. The third-order valence-electron chi connectivity index (χ3n) is 6.80. The van der Waals surface area contributed by atoms with E-state index in [0.29, 0.717) is 12.2 Å². The highest BCUT2D eigenvalue weighted by atomic mass is 28.4. The second-order valence-corrected chi connectivity index (χ2v) is 32.4. The Hall–Kier alpha value is 0.588. The van der Waals surface area contributed by atoms with E-state index in [4.69, 9.17) is 31.9 Å². The molecule has 2 unspecified atom stereocenters. The molecule has 0 amide bonds. The molecule has 0 N–H and O–H groups in total. The molecule has 0 bridgehead atoms. The summed E-state index contributed by atoms with van der Waals surface area (Å²) in [5, 5.41) is 0. The van der Waals surface area contributed by atoms with E-state index in [1.807, 2.05) is 0 Å². The van der Waals surface area contributed by atoms with Crippen LogP contribution in [0.25, 0.3) is 0 Å². The second kappa shape index (κ2) is 17.0. The maximum Gasteiger partial charge on any atom is 0.173 e. The van der Waals surface area contributed by atoms with Gasteiger partial charge in [0.1, 0.15) is 12.2 Å². The van der Waals surface area contributed by atoms with Gasteiger partial charge >= 0.3 is 0 Å². The SMILES string of the molecule is C[Si](C)(C)O[Si](C)(C)CCCOCC1CC1.C[Si](C)(CCCOCC1CO1)O[Si](C)(C)CCCOCC1CO1. The van der Waals surface area contributed by atoms with E-state index in [-0.39, 0.29) is 0 Å². The van der Waals surface area contributed by atoms with Crippen molar-refractivity contribution in [3.8, 4) is 0 Å². The molecule has 1 aliphatic carbocycles. The van der Waals surface area contributed by atoms with Crippen molar-refractivity contribution >= 4 is 33.3 Å². The van der Waals surface area contributed by atoms with E-state index in [2.05, 4.69) is 58.9 Å². The van der Waals surface area contributed by atoms with Gasteiger partial charge in [-0.1, -0.05) is 0 Å². The summed E-state index contributed by atoms with van der Waals surface area (Å²) in [6.45, 7) is 27.8. The molecule has 232 valence electrons. The van der Waals surface area contributed by atoms with Crippen LogP contribution in [0.2, 0.25) is 77.1 Å². The summed E-state index contributed by atoms with van der Waals surface area (Å²) in [6, 6.07) is 3.58. The van der Waals surface area contributed by atoms with Crippen molar-refractivity contribution in [1.29, 1.82) is 0 Å². The molecule has 3 rings (SSSR count). The lowest BCUT2D eigenvalue weighted by Gasteiger charge is -2.34. The van der Waals surface area contributed by atoms with Gasteiger partial charge in [0.15, 0.2) is 33.3 Å². The average Bonchev–Trinajstić information content (AvgIpc) is 3.63. The van der Waals surface area contributed by atoms with Gasteiger partial charge in [-0.05, 0) is 115 Å². The van der Waals surface area contributed by atoms with E-state index in [9.17, 15) is 0 Å². The van der Waals surface area contributed by atoms with Crippen LogP contribution in [0.15, 0.2) is 0 Å². The Bertz CT molecular complexity index is 629. The van der Waals surface area contributed by atoms with E-state index in [1.54, 1.807) is 0 Å². The van der Waals surface area contributed by atoms with Gasteiger partial charge in [-0.2, -0.15) is 0 Å². The fourth-order valence-corrected chi connectivity index (χ4v) is 21.6. The summed E-state index contributed by atoms with van der Waals surface area (Å²) in [5.41, 5.74) is 0. The molecule has 2 aliphatic heterocycles. The molecular weight excluding hydrogens is 561 g/mol. The van der Waals surface area contributed by atoms with Gasteiger partial charge in [0.2, 0.25) is 0 Å². The van der Waals surface area contributed by atoms with Crippen molar-refractivity contribution in [3.63, 3.8) is 0 Å². The number of rotatable bonds is 22. The van der Waals surface area contributed by atoms with Crippen molar-refractivity contribution in [3.05, 3.63) is 0 Å². The topological polar surface area (TPSA) is 71.2 Å². The molecule has 0 aromatic rings. The Morgan fingerprint density at radius 2 is 0.897 bits per heavy atom. The number of epoxide rings is 2. The van der Waals surface area contributed by atoms with E-state index in [1.165, 1.54) is 37.4 Å². The maximum absolute atomic E-state index is 6.62. The van der Waals surface area contributed by atoms with Crippen LogP contribution >= 0.6 is 0 Å². The van der Waals surface area contributed by atoms with Crippen LogP contribution in [0.3, 0.4) is 0 Å². The molecule has 11 heteroatoms. The van der Waals surface area contributed by atoms with Gasteiger partial charge in [0, 0.05) is 26.4 Å². The normalized spacial score (nSPS) is 21.5. The fourth-order valence-electron chi connectivity index (χ4n) is 4.82. The molecule has 0 spiro atoms. The van der Waals surface area contributed by atoms with Crippen LogP contribution in [-0.2, 0) is 31.9 Å². The molecule has 3 aliphatic rings. The molecule has 0 aromatic carbocycles. The van der Waals surface area contributed by atoms with Gasteiger partial charge in [-0.15, -0.1) is 0 Å². The Morgan fingerprint density at radius 3 is 1.23 bits per heavy atom. The van der Waals surface area contributed by atoms with Gasteiger partial charge in [0.05, 0.1) is 26.4 Å². The molecule has 39 heavy (non-hydrogen) atoms. The van der Waals surface area contributed by atoms with Gasteiger partial charge in [0.25, 0.3) is 0 Å². The zero-order valence-corrected chi connectivity index (χ0v) is 30.9. The second-order valence-electron chi connectivity index (χ2n) is 14.5. The Labute approximate surface area is 244 Å². The lowest BCUT2D eigenvalue weighted by Crippen LogP contribution is -2.44. The number of hydrogen-bond acceptors (Lipinski definition) is 7. The fraction of sp³-hybridized carbons (Fsp3) is 1.00. The standard InChI is InChI=1S/C16H34O5Si2.C12H28O2Si2/c1-22(2,9-5-7-17-11-15-13-19-15)21-23(3,4)10-6-8-18-12-16-14-20-16;1-15(2,3)14-16(4,5)10-6-9-13-11-12-7-8-12/h15-16H,5-14H2,1-4H3;12H,6-11H2,1-5H3. The van der Waals surface area contributed by atoms with E-state index < -0.39 is 33.3 Å². The monoisotopic (exact) mass is 622 g/mol. The quantitative estimate of drug-likeness (QED) is 0.0740. The first-order chi connectivity index (χ1) is 18.1. The zero-order chi connectivity index (χ0) is 29.0. The largest absolute Gasteiger partial charge is 0.456 e. The van der Waals surface area contributed by atoms with Crippen molar-refractivity contribution in [2.75, 3.05) is 52.9 Å². The summed E-state index contributed by atoms with van der Waals surface area (Å²) in [6.07, 6.45) is 6.89. The molecule has 7 nitrogen and oxygen atoms in total. The molecule has 0 radical (unpaired) electrons. The van der Waals surface area contributed by atoms with Crippen LogP contribution in [0.5, 0.6) is 0 Å². The minimum Gasteiger partial charge on any atom is -0.456 e. The lowest BCUT2D eigenvalue weighted by atomic mass is 10.4. The first-order valence-electron chi connectivity index (χ1n) is 15.5. The van der Waals surface area contributed by atoms with Crippen molar-refractivity contribution in [2.24, 2.45) is 5.92 Å². The van der Waals surface area contributed by atoms with Crippen molar-refractivity contribution in [1.82, 2.24) is 0 Å². The van der Waals surface area contributed by atoms with Crippen molar-refractivity contribution < 1.29 is 31.9 Å². The maximum atomic E-state index is 6.62. The van der Waals surface area contributed by atoms with Crippen LogP contribution in [-0.4, -0.2) is 98.3 Å². The first kappa shape index (κ1) is 35.8. The van der Waals surface area contributed by atoms with Crippen LogP contribution in [0.4, 0.5) is 0 Å². The van der Waals surface area contributed by atoms with Gasteiger partial charge < -0.3 is 31.9 Å². The van der Waals surface area contributed by atoms with Gasteiger partial charge in [-0.3, -0.25) is 0 Å². The lowest BCUT2D eigenvalue weighted by molar-refractivity contribution is 0.116. The molecule has 0 aromatic heterocycles. The summed E-state index contributed by atoms with van der Waals surface area (Å²) in [5.74, 6) is 0.892. The highest BCUT2D eigenvalue weighted by Crippen LogP contribution is 2.29. The Kier molecular flexibility index (Phi) is 15.6. The predicted octanol–water partition coefficient (Wildman–Crippen LogP) is 6.88. The first-order valence-corrected chi connectivity index (χ1v) is 28.3. The number of hydrogen-bond donors (Lipinski definition) is 0. The molecule has 1 saturated carbocycles. The van der Waals surface area contributed by atoms with Gasteiger partial charge in [-0.25, -0.2) is 0 Å². The Balaban J connectivity index is 0.000000293. The predicted molar refractivity (Wildman–Crippen MR) is 171 cm³/mol. The Morgan fingerprint density at radius 1 is 0.538 bits per heavy atom. The summed E-state index contributed by atoms with van der Waals surface area (Å²) >= 11 is 0. The highest BCUT2D eigenvalue weighted by molar-refractivity contribution is 6.85. The highest BCUT2D eigenvalue weighted by Gasteiger charge is 2.33. The summed E-state index contributed by atoms with van der Waals surface area (Å²) in [7, 11) is -5.94. The van der Waals surface area contributed by atoms with E-state index >= 15 is 0 Å². The van der Waals surface area contributed by atoms with Crippen LogP contribution in [0.1, 0.15) is 32.1 Å². The molecule has 2 heterocycles.